The van der Waals surface area contributed by atoms with Crippen LogP contribution in [0, 0.1) is 0 Å². The highest BCUT2D eigenvalue weighted by molar-refractivity contribution is 5.93. The van der Waals surface area contributed by atoms with Crippen molar-refractivity contribution in [2.24, 2.45) is 0 Å². The molecule has 2 aliphatic heterocycles. The molecule has 1 amide bonds. The number of rotatable bonds is 6. The largest absolute Gasteiger partial charge is 0.486 e. The van der Waals surface area contributed by atoms with Gasteiger partial charge in [0.1, 0.15) is 19.3 Å². The molecule has 1 fully saturated rings. The molecule has 2 aromatic rings. The summed E-state index contributed by atoms with van der Waals surface area (Å²) >= 11 is 0. The first-order valence-corrected chi connectivity index (χ1v) is 10.8. The SMILES string of the molecule is CCc1cccc(CC)c1NC(=O)C[NH+]1CCC[C@@H]1c1ccc2c(c1)OCCO2. The second-order valence-corrected chi connectivity index (χ2v) is 7.89. The van der Waals surface area contributed by atoms with E-state index in [0.717, 1.165) is 49.4 Å². The number of amides is 1. The van der Waals surface area contributed by atoms with E-state index in [-0.39, 0.29) is 5.91 Å². The summed E-state index contributed by atoms with van der Waals surface area (Å²) in [6, 6.07) is 12.9. The van der Waals surface area contributed by atoms with Crippen molar-refractivity contribution in [3.63, 3.8) is 0 Å². The first-order chi connectivity index (χ1) is 14.2. The predicted octanol–water partition coefficient (Wildman–Crippen LogP) is 2.94. The molecule has 1 saturated heterocycles. The van der Waals surface area contributed by atoms with Gasteiger partial charge in [-0.05, 0) is 42.2 Å². The molecular formula is C24H31N2O3+. The zero-order valence-electron chi connectivity index (χ0n) is 17.4. The quantitative estimate of drug-likeness (QED) is 0.791. The molecule has 0 radical (unpaired) electrons. The lowest BCUT2D eigenvalue weighted by atomic mass is 10.0. The molecule has 5 heteroatoms. The molecule has 29 heavy (non-hydrogen) atoms. The van der Waals surface area contributed by atoms with Crippen LogP contribution < -0.4 is 19.7 Å². The Kier molecular flexibility index (Phi) is 6.05. The molecule has 2 aliphatic rings. The second-order valence-electron chi connectivity index (χ2n) is 7.89. The summed E-state index contributed by atoms with van der Waals surface area (Å²) in [5, 5.41) is 3.23. The number of carbonyl (C=O) groups is 1. The molecule has 0 saturated carbocycles. The number of hydrogen-bond donors (Lipinski definition) is 2. The zero-order valence-corrected chi connectivity index (χ0v) is 17.4. The van der Waals surface area contributed by atoms with Crippen molar-refractivity contribution in [1.29, 1.82) is 0 Å². The van der Waals surface area contributed by atoms with E-state index in [1.807, 2.05) is 6.07 Å². The number of anilines is 1. The average Bonchev–Trinajstić information content (AvgIpc) is 3.21. The average molecular weight is 396 g/mol. The minimum absolute atomic E-state index is 0.0973. The van der Waals surface area contributed by atoms with Gasteiger partial charge in [-0.15, -0.1) is 0 Å². The summed E-state index contributed by atoms with van der Waals surface area (Å²) in [6.07, 6.45) is 4.06. The number of hydrogen-bond acceptors (Lipinski definition) is 3. The van der Waals surface area contributed by atoms with Crippen LogP contribution in [0.5, 0.6) is 11.5 Å². The molecule has 4 rings (SSSR count). The van der Waals surface area contributed by atoms with E-state index in [4.69, 9.17) is 9.47 Å². The van der Waals surface area contributed by atoms with Crippen molar-refractivity contribution < 1.29 is 19.2 Å². The van der Waals surface area contributed by atoms with Crippen molar-refractivity contribution in [1.82, 2.24) is 0 Å². The number of likely N-dealkylation sites (tertiary alicyclic amines) is 1. The van der Waals surface area contributed by atoms with E-state index in [9.17, 15) is 4.79 Å². The Bertz CT molecular complexity index is 858. The van der Waals surface area contributed by atoms with Crippen molar-refractivity contribution in [3.8, 4) is 11.5 Å². The minimum Gasteiger partial charge on any atom is -0.486 e. The van der Waals surface area contributed by atoms with E-state index >= 15 is 0 Å². The van der Waals surface area contributed by atoms with Crippen molar-refractivity contribution in [3.05, 3.63) is 53.1 Å². The van der Waals surface area contributed by atoms with Crippen molar-refractivity contribution in [2.45, 2.75) is 45.6 Å². The van der Waals surface area contributed by atoms with Crippen LogP contribution >= 0.6 is 0 Å². The Morgan fingerprint density at radius 1 is 1.07 bits per heavy atom. The standard InChI is InChI=1S/C24H30N2O3/c1-3-17-7-5-8-18(4-2)24(17)25-23(27)16-26-12-6-9-20(26)19-10-11-21-22(15-19)29-14-13-28-21/h5,7-8,10-11,15,20H,3-4,6,9,12-14,16H2,1-2H3,(H,25,27)/p+1/t20-/m1/s1. The molecule has 1 unspecified atom stereocenters. The number of fused-ring (bicyclic) bond motifs is 1. The predicted molar refractivity (Wildman–Crippen MR) is 114 cm³/mol. The summed E-state index contributed by atoms with van der Waals surface area (Å²) in [6.45, 7) is 6.97. The van der Waals surface area contributed by atoms with Gasteiger partial charge in [0.2, 0.25) is 0 Å². The van der Waals surface area contributed by atoms with Crippen LogP contribution in [0.1, 0.15) is 49.4 Å². The maximum Gasteiger partial charge on any atom is 0.279 e. The molecule has 0 spiro atoms. The molecule has 2 heterocycles. The van der Waals surface area contributed by atoms with E-state index in [1.54, 1.807) is 0 Å². The molecule has 2 N–H and O–H groups in total. The highest BCUT2D eigenvalue weighted by Crippen LogP contribution is 2.33. The highest BCUT2D eigenvalue weighted by Gasteiger charge is 2.32. The summed E-state index contributed by atoms with van der Waals surface area (Å²) in [5.41, 5.74) is 4.66. The van der Waals surface area contributed by atoms with Crippen LogP contribution in [0.4, 0.5) is 5.69 Å². The number of carbonyl (C=O) groups excluding carboxylic acids is 1. The van der Waals surface area contributed by atoms with E-state index in [1.165, 1.54) is 21.6 Å². The molecule has 2 aromatic carbocycles. The van der Waals surface area contributed by atoms with Crippen LogP contribution in [-0.2, 0) is 17.6 Å². The number of benzene rings is 2. The maximum atomic E-state index is 12.9. The number of ether oxygens (including phenoxy) is 2. The summed E-state index contributed by atoms with van der Waals surface area (Å²) in [5.74, 6) is 1.74. The van der Waals surface area contributed by atoms with Gasteiger partial charge in [0, 0.05) is 24.1 Å². The Morgan fingerprint density at radius 3 is 2.52 bits per heavy atom. The fraction of sp³-hybridized carbons (Fsp3) is 0.458. The number of para-hydroxylation sites is 1. The van der Waals surface area contributed by atoms with Gasteiger partial charge < -0.3 is 19.7 Å². The van der Waals surface area contributed by atoms with Crippen LogP contribution in [0.2, 0.25) is 0 Å². The maximum absolute atomic E-state index is 12.9. The summed E-state index contributed by atoms with van der Waals surface area (Å²) < 4.78 is 11.4. The number of nitrogens with one attached hydrogen (secondary N) is 2. The van der Waals surface area contributed by atoms with Gasteiger partial charge in [-0.2, -0.15) is 0 Å². The molecule has 0 aliphatic carbocycles. The molecule has 0 bridgehead atoms. The third-order valence-corrected chi connectivity index (χ3v) is 6.10. The fourth-order valence-corrected chi connectivity index (χ4v) is 4.60. The van der Waals surface area contributed by atoms with Crippen LogP contribution in [0.25, 0.3) is 0 Å². The Hall–Kier alpha value is -2.53. The Morgan fingerprint density at radius 2 is 1.79 bits per heavy atom. The number of quaternary nitrogens is 1. The smallest absolute Gasteiger partial charge is 0.279 e. The van der Waals surface area contributed by atoms with Gasteiger partial charge in [-0.25, -0.2) is 0 Å². The lowest BCUT2D eigenvalue weighted by Gasteiger charge is -2.24. The first-order valence-electron chi connectivity index (χ1n) is 10.8. The van der Waals surface area contributed by atoms with E-state index < -0.39 is 0 Å². The molecule has 0 aromatic heterocycles. The summed E-state index contributed by atoms with van der Waals surface area (Å²) in [4.78, 5) is 14.3. The highest BCUT2D eigenvalue weighted by atomic mass is 16.6. The van der Waals surface area contributed by atoms with Gasteiger partial charge in [0.25, 0.3) is 5.91 Å². The minimum atomic E-state index is 0.0973. The molecule has 2 atom stereocenters. The van der Waals surface area contributed by atoms with Crippen molar-refractivity contribution >= 4 is 11.6 Å². The van der Waals surface area contributed by atoms with Crippen LogP contribution in [0.15, 0.2) is 36.4 Å². The van der Waals surface area contributed by atoms with E-state index in [2.05, 4.69) is 49.5 Å². The van der Waals surface area contributed by atoms with E-state index in [0.29, 0.717) is 25.8 Å². The van der Waals surface area contributed by atoms with Crippen molar-refractivity contribution in [2.75, 3.05) is 31.6 Å². The normalized spacial score (nSPS) is 20.5. The lowest BCUT2D eigenvalue weighted by molar-refractivity contribution is -0.910. The second kappa shape index (κ2) is 8.87. The van der Waals surface area contributed by atoms with Gasteiger partial charge in [0.05, 0.1) is 6.54 Å². The van der Waals surface area contributed by atoms with Gasteiger partial charge in [-0.1, -0.05) is 32.0 Å². The zero-order chi connectivity index (χ0) is 20.2. The fourth-order valence-electron chi connectivity index (χ4n) is 4.60. The summed E-state index contributed by atoms with van der Waals surface area (Å²) in [7, 11) is 0. The van der Waals surface area contributed by atoms with Crippen LogP contribution in [0.3, 0.4) is 0 Å². The molecule has 5 nitrogen and oxygen atoms in total. The third-order valence-electron chi connectivity index (χ3n) is 6.10. The first kappa shape index (κ1) is 19.8. The lowest BCUT2D eigenvalue weighted by Crippen LogP contribution is -3.11. The molecular weight excluding hydrogens is 364 g/mol. The molecule has 154 valence electrons. The van der Waals surface area contributed by atoms with Gasteiger partial charge in [-0.3, -0.25) is 4.79 Å². The topological polar surface area (TPSA) is 52.0 Å². The Labute approximate surface area is 173 Å². The Balaban J connectivity index is 1.47. The van der Waals surface area contributed by atoms with Gasteiger partial charge in [0.15, 0.2) is 18.0 Å². The monoisotopic (exact) mass is 395 g/mol. The van der Waals surface area contributed by atoms with Gasteiger partial charge >= 0.3 is 0 Å². The van der Waals surface area contributed by atoms with Crippen LogP contribution in [-0.4, -0.2) is 32.2 Å². The number of aryl methyl sites for hydroxylation is 2. The third kappa shape index (κ3) is 4.25.